The number of hydrogen-bond donors (Lipinski definition) is 1. The highest BCUT2D eigenvalue weighted by Gasteiger charge is 2.47. The Hall–Kier alpha value is -1.51. The van der Waals surface area contributed by atoms with Gasteiger partial charge in [-0.25, -0.2) is 0 Å². The molecule has 0 amide bonds. The van der Waals surface area contributed by atoms with Crippen molar-refractivity contribution < 1.29 is 0 Å². The third-order valence-corrected chi connectivity index (χ3v) is 4.07. The second-order valence-corrected chi connectivity index (χ2v) is 5.01. The molecule has 0 fully saturated rings. The molecule has 2 N–H and O–H groups in total. The molecule has 0 bridgehead atoms. The van der Waals surface area contributed by atoms with Crippen LogP contribution in [0.5, 0.6) is 0 Å². The van der Waals surface area contributed by atoms with E-state index < -0.39 is 0 Å². The van der Waals surface area contributed by atoms with Crippen molar-refractivity contribution in [3.63, 3.8) is 0 Å². The van der Waals surface area contributed by atoms with Gasteiger partial charge >= 0.3 is 0 Å². The van der Waals surface area contributed by atoms with Crippen LogP contribution in [-0.4, -0.2) is 23.9 Å². The molecule has 0 saturated heterocycles. The van der Waals surface area contributed by atoms with Gasteiger partial charge in [0.05, 0.1) is 12.1 Å². The van der Waals surface area contributed by atoms with E-state index in [1.165, 1.54) is 11.1 Å². The van der Waals surface area contributed by atoms with Gasteiger partial charge in [-0.3, -0.25) is 4.99 Å². The van der Waals surface area contributed by atoms with Gasteiger partial charge in [0.25, 0.3) is 0 Å². The first kappa shape index (κ1) is 10.6. The highest BCUT2D eigenvalue weighted by Crippen LogP contribution is 2.44. The lowest BCUT2D eigenvalue weighted by Gasteiger charge is -2.37. The minimum Gasteiger partial charge on any atom is -0.370 e. The Morgan fingerprint density at radius 1 is 1.41 bits per heavy atom. The van der Waals surface area contributed by atoms with E-state index in [4.69, 9.17) is 5.73 Å². The van der Waals surface area contributed by atoms with Crippen LogP contribution in [0.3, 0.4) is 0 Å². The molecule has 0 radical (unpaired) electrons. The zero-order chi connectivity index (χ0) is 11.9. The highest BCUT2D eigenvalue weighted by atomic mass is 15.4. The number of rotatable bonds is 2. The zero-order valence-electron chi connectivity index (χ0n) is 10.3. The van der Waals surface area contributed by atoms with Crippen LogP contribution in [0.4, 0.5) is 0 Å². The molecule has 3 rings (SSSR count). The summed E-state index contributed by atoms with van der Waals surface area (Å²) in [6.07, 6.45) is 3.41. The molecule has 1 aromatic rings. The molecule has 3 nitrogen and oxygen atoms in total. The van der Waals surface area contributed by atoms with Gasteiger partial charge in [-0.05, 0) is 30.4 Å². The van der Waals surface area contributed by atoms with Crippen molar-refractivity contribution in [3.05, 3.63) is 35.4 Å². The van der Waals surface area contributed by atoms with Gasteiger partial charge in [-0.15, -0.1) is 0 Å². The summed E-state index contributed by atoms with van der Waals surface area (Å²) in [5, 5.41) is 0. The van der Waals surface area contributed by atoms with Crippen molar-refractivity contribution in [2.24, 2.45) is 10.7 Å². The molecule has 0 saturated carbocycles. The Balaban J connectivity index is 2.04. The summed E-state index contributed by atoms with van der Waals surface area (Å²) in [5.74, 6) is 0.726. The Bertz CT molecular complexity index is 466. The fourth-order valence-electron chi connectivity index (χ4n) is 3.27. The van der Waals surface area contributed by atoms with Crippen LogP contribution >= 0.6 is 0 Å². The predicted octanol–water partition coefficient (Wildman–Crippen LogP) is 1.87. The fourth-order valence-corrected chi connectivity index (χ4v) is 3.27. The van der Waals surface area contributed by atoms with Gasteiger partial charge in [0.2, 0.25) is 0 Å². The van der Waals surface area contributed by atoms with E-state index in [1.807, 2.05) is 0 Å². The fraction of sp³-hybridized carbons (Fsp3) is 0.500. The molecule has 1 aromatic carbocycles. The maximum Gasteiger partial charge on any atom is 0.192 e. The lowest BCUT2D eigenvalue weighted by Crippen LogP contribution is -2.48. The predicted molar refractivity (Wildman–Crippen MR) is 69.9 cm³/mol. The van der Waals surface area contributed by atoms with E-state index >= 15 is 0 Å². The molecular weight excluding hydrogens is 210 g/mol. The van der Waals surface area contributed by atoms with Crippen LogP contribution in [0.25, 0.3) is 0 Å². The summed E-state index contributed by atoms with van der Waals surface area (Å²) >= 11 is 0. The zero-order valence-corrected chi connectivity index (χ0v) is 10.3. The van der Waals surface area contributed by atoms with E-state index in [0.717, 1.165) is 38.3 Å². The molecule has 90 valence electrons. The van der Waals surface area contributed by atoms with E-state index in [0.29, 0.717) is 0 Å². The Labute approximate surface area is 102 Å². The minimum absolute atomic E-state index is 0.0662. The highest BCUT2D eigenvalue weighted by molar-refractivity contribution is 5.81. The number of nitrogens with zero attached hydrogens (tertiary/aromatic N) is 2. The van der Waals surface area contributed by atoms with Crippen molar-refractivity contribution in [3.8, 4) is 0 Å². The van der Waals surface area contributed by atoms with Crippen LogP contribution in [0.15, 0.2) is 29.3 Å². The first-order chi connectivity index (χ1) is 8.28. The van der Waals surface area contributed by atoms with Crippen LogP contribution in [0.2, 0.25) is 0 Å². The maximum atomic E-state index is 6.05. The summed E-state index contributed by atoms with van der Waals surface area (Å²) in [5.41, 5.74) is 9.03. The molecule has 1 aliphatic heterocycles. The average molecular weight is 229 g/mol. The standard InChI is InChI=1S/C14H19N3/c1-2-9-17-13(15)16-10-14(17)8-7-11-5-3-4-6-12(11)14/h3-6H,2,7-10H2,1H3,(H2,15,16). The average Bonchev–Trinajstić information content (AvgIpc) is 2.87. The van der Waals surface area contributed by atoms with Crippen molar-refractivity contribution in [1.29, 1.82) is 0 Å². The number of aliphatic imine (C=N–C) groups is 1. The first-order valence-electron chi connectivity index (χ1n) is 6.44. The Morgan fingerprint density at radius 3 is 3.06 bits per heavy atom. The van der Waals surface area contributed by atoms with Gasteiger partial charge < -0.3 is 10.6 Å². The van der Waals surface area contributed by atoms with Crippen LogP contribution < -0.4 is 5.73 Å². The third kappa shape index (κ3) is 1.38. The van der Waals surface area contributed by atoms with Gasteiger partial charge in [-0.1, -0.05) is 31.2 Å². The van der Waals surface area contributed by atoms with E-state index in [2.05, 4.69) is 41.1 Å². The molecule has 2 aliphatic rings. The molecule has 1 spiro atoms. The molecule has 1 aliphatic carbocycles. The second kappa shape index (κ2) is 3.76. The number of guanidine groups is 1. The van der Waals surface area contributed by atoms with Crippen molar-refractivity contribution in [2.75, 3.05) is 13.1 Å². The number of benzene rings is 1. The lowest BCUT2D eigenvalue weighted by molar-refractivity contribution is 0.201. The van der Waals surface area contributed by atoms with Crippen molar-refractivity contribution in [1.82, 2.24) is 4.90 Å². The summed E-state index contributed by atoms with van der Waals surface area (Å²) in [6.45, 7) is 4.03. The maximum absolute atomic E-state index is 6.05. The molecule has 17 heavy (non-hydrogen) atoms. The van der Waals surface area contributed by atoms with Gasteiger partial charge in [0, 0.05) is 6.54 Å². The van der Waals surface area contributed by atoms with E-state index in [-0.39, 0.29) is 5.54 Å². The van der Waals surface area contributed by atoms with Gasteiger partial charge in [-0.2, -0.15) is 0 Å². The number of hydrogen-bond acceptors (Lipinski definition) is 3. The molecule has 3 heteroatoms. The Morgan fingerprint density at radius 2 is 2.24 bits per heavy atom. The summed E-state index contributed by atoms with van der Waals surface area (Å²) in [6, 6.07) is 8.74. The molecular formula is C14H19N3. The molecule has 1 atom stereocenters. The summed E-state index contributed by atoms with van der Waals surface area (Å²) in [4.78, 5) is 6.81. The van der Waals surface area contributed by atoms with Crippen molar-refractivity contribution >= 4 is 5.96 Å². The second-order valence-electron chi connectivity index (χ2n) is 5.01. The third-order valence-electron chi connectivity index (χ3n) is 4.07. The SMILES string of the molecule is CCCN1C(N)=NCC12CCc1ccccc12. The smallest absolute Gasteiger partial charge is 0.192 e. The molecule has 1 heterocycles. The van der Waals surface area contributed by atoms with E-state index in [9.17, 15) is 0 Å². The van der Waals surface area contributed by atoms with Crippen LogP contribution in [0.1, 0.15) is 30.9 Å². The number of aryl methyl sites for hydroxylation is 1. The summed E-state index contributed by atoms with van der Waals surface area (Å²) < 4.78 is 0. The normalized spacial score (nSPS) is 26.4. The van der Waals surface area contributed by atoms with E-state index in [1.54, 1.807) is 0 Å². The lowest BCUT2D eigenvalue weighted by atomic mass is 9.90. The topological polar surface area (TPSA) is 41.6 Å². The number of fused-ring (bicyclic) bond motifs is 2. The van der Waals surface area contributed by atoms with Gasteiger partial charge in [0.15, 0.2) is 5.96 Å². The minimum atomic E-state index is 0.0662. The summed E-state index contributed by atoms with van der Waals surface area (Å²) in [7, 11) is 0. The largest absolute Gasteiger partial charge is 0.370 e. The van der Waals surface area contributed by atoms with Crippen molar-refractivity contribution in [2.45, 2.75) is 31.7 Å². The van der Waals surface area contributed by atoms with Gasteiger partial charge in [0.1, 0.15) is 0 Å². The quantitative estimate of drug-likeness (QED) is 0.841. The molecule has 1 unspecified atom stereocenters. The monoisotopic (exact) mass is 229 g/mol. The first-order valence-corrected chi connectivity index (χ1v) is 6.44. The Kier molecular flexibility index (Phi) is 2.35. The number of nitrogens with two attached hydrogens (primary N) is 1. The van der Waals surface area contributed by atoms with Crippen LogP contribution in [0, 0.1) is 0 Å². The molecule has 0 aromatic heterocycles. The van der Waals surface area contributed by atoms with Crippen LogP contribution in [-0.2, 0) is 12.0 Å².